The van der Waals surface area contributed by atoms with Crippen LogP contribution in [0.5, 0.6) is 0 Å². The van der Waals surface area contributed by atoms with Crippen molar-refractivity contribution in [3.8, 4) is 0 Å². The summed E-state index contributed by atoms with van der Waals surface area (Å²) in [7, 11) is 2.03. The van der Waals surface area contributed by atoms with Gasteiger partial charge in [0.15, 0.2) is 0 Å². The van der Waals surface area contributed by atoms with Gasteiger partial charge in [0.1, 0.15) is 0 Å². The Bertz CT molecular complexity index is 332. The predicted molar refractivity (Wildman–Crippen MR) is 78.1 cm³/mol. The van der Waals surface area contributed by atoms with Crippen molar-refractivity contribution in [3.05, 3.63) is 35.4 Å². The van der Waals surface area contributed by atoms with Gasteiger partial charge in [0, 0.05) is 12.6 Å². The molecule has 0 bridgehead atoms. The van der Waals surface area contributed by atoms with Crippen LogP contribution < -0.4 is 5.32 Å². The fourth-order valence-electron chi connectivity index (χ4n) is 2.39. The lowest BCUT2D eigenvalue weighted by Crippen LogP contribution is -2.41. The molecule has 1 N–H and O–H groups in total. The minimum Gasteiger partial charge on any atom is -0.377 e. The van der Waals surface area contributed by atoms with E-state index in [1.165, 1.54) is 11.1 Å². The third-order valence-corrected chi connectivity index (χ3v) is 3.47. The second-order valence-electron chi connectivity index (χ2n) is 4.81. The number of nitrogens with one attached hydrogen (secondary N) is 1. The molecule has 0 radical (unpaired) electrons. The van der Waals surface area contributed by atoms with E-state index in [0.29, 0.717) is 12.1 Å². The van der Waals surface area contributed by atoms with Gasteiger partial charge >= 0.3 is 0 Å². The van der Waals surface area contributed by atoms with Crippen molar-refractivity contribution in [2.45, 2.75) is 52.2 Å². The first-order valence-electron chi connectivity index (χ1n) is 7.06. The van der Waals surface area contributed by atoms with Crippen molar-refractivity contribution >= 4 is 0 Å². The lowest BCUT2D eigenvalue weighted by Gasteiger charge is -2.27. The van der Waals surface area contributed by atoms with E-state index in [-0.39, 0.29) is 0 Å². The Hall–Kier alpha value is -0.860. The molecule has 0 spiro atoms. The maximum Gasteiger partial charge on any atom is 0.0730 e. The molecule has 0 aliphatic carbocycles. The third kappa shape index (κ3) is 4.43. The number of hydrogen-bond donors (Lipinski definition) is 1. The van der Waals surface area contributed by atoms with E-state index in [0.717, 1.165) is 25.9 Å². The first-order valence-corrected chi connectivity index (χ1v) is 7.06. The monoisotopic (exact) mass is 249 g/mol. The van der Waals surface area contributed by atoms with Crippen molar-refractivity contribution in [3.63, 3.8) is 0 Å². The van der Waals surface area contributed by atoms with Crippen molar-refractivity contribution in [1.82, 2.24) is 5.32 Å². The smallest absolute Gasteiger partial charge is 0.0730 e. The van der Waals surface area contributed by atoms with E-state index < -0.39 is 0 Å². The van der Waals surface area contributed by atoms with Crippen molar-refractivity contribution in [2.75, 3.05) is 13.7 Å². The average molecular weight is 249 g/mol. The van der Waals surface area contributed by atoms with Crippen LogP contribution in [-0.4, -0.2) is 25.8 Å². The van der Waals surface area contributed by atoms with Crippen LogP contribution in [-0.2, 0) is 11.2 Å². The van der Waals surface area contributed by atoms with Gasteiger partial charge in [-0.1, -0.05) is 37.6 Å². The van der Waals surface area contributed by atoms with Crippen LogP contribution >= 0.6 is 0 Å². The summed E-state index contributed by atoms with van der Waals surface area (Å²) in [6.45, 7) is 7.25. The Morgan fingerprint density at radius 1 is 1.22 bits per heavy atom. The summed E-state index contributed by atoms with van der Waals surface area (Å²) in [6, 6.07) is 9.00. The Labute approximate surface area is 112 Å². The summed E-state index contributed by atoms with van der Waals surface area (Å²) in [5, 5.41) is 3.42. The molecule has 2 atom stereocenters. The van der Waals surface area contributed by atoms with Crippen LogP contribution in [0.3, 0.4) is 0 Å². The lowest BCUT2D eigenvalue weighted by molar-refractivity contribution is 0.0300. The van der Waals surface area contributed by atoms with Crippen LogP contribution in [0.4, 0.5) is 0 Å². The van der Waals surface area contributed by atoms with Crippen LogP contribution in [0, 0.1) is 6.92 Å². The second kappa shape index (κ2) is 8.28. The molecule has 2 heteroatoms. The fourth-order valence-corrected chi connectivity index (χ4v) is 2.39. The highest BCUT2D eigenvalue weighted by Gasteiger charge is 2.20. The minimum atomic E-state index is 0.310. The molecule has 0 aliphatic rings. The Morgan fingerprint density at radius 2 is 1.94 bits per heavy atom. The molecule has 2 unspecified atom stereocenters. The predicted octanol–water partition coefficient (Wildman–Crippen LogP) is 3.33. The van der Waals surface area contributed by atoms with Gasteiger partial charge in [-0.25, -0.2) is 0 Å². The van der Waals surface area contributed by atoms with Crippen molar-refractivity contribution in [1.29, 1.82) is 0 Å². The van der Waals surface area contributed by atoms with Crippen LogP contribution in [0.2, 0.25) is 0 Å². The van der Waals surface area contributed by atoms with Crippen LogP contribution in [0.1, 0.15) is 37.8 Å². The fraction of sp³-hybridized carbons (Fsp3) is 0.625. The minimum absolute atomic E-state index is 0.310. The number of aryl methyl sites for hydroxylation is 1. The maximum atomic E-state index is 5.88. The Kier molecular flexibility index (Phi) is 6.99. The molecule has 1 rings (SSSR count). The standard InChI is InChI=1S/C16H27NO/c1-5-9-16(18-6-2)15(17-4)12-14-11-8-7-10-13(14)3/h7-8,10-11,15-17H,5-6,9,12H2,1-4H3. The number of benzene rings is 1. The molecule has 0 amide bonds. The number of ether oxygens (including phenoxy) is 1. The Morgan fingerprint density at radius 3 is 2.50 bits per heavy atom. The molecule has 18 heavy (non-hydrogen) atoms. The zero-order valence-corrected chi connectivity index (χ0v) is 12.2. The highest BCUT2D eigenvalue weighted by Crippen LogP contribution is 2.15. The molecule has 2 nitrogen and oxygen atoms in total. The van der Waals surface area contributed by atoms with E-state index in [9.17, 15) is 0 Å². The van der Waals surface area contributed by atoms with Gasteiger partial charge in [-0.15, -0.1) is 0 Å². The second-order valence-corrected chi connectivity index (χ2v) is 4.81. The number of rotatable bonds is 8. The normalized spacial score (nSPS) is 14.4. The van der Waals surface area contributed by atoms with Crippen LogP contribution in [0.25, 0.3) is 0 Å². The largest absolute Gasteiger partial charge is 0.377 e. The zero-order chi connectivity index (χ0) is 13.4. The van der Waals surface area contributed by atoms with Gasteiger partial charge in [0.25, 0.3) is 0 Å². The first kappa shape index (κ1) is 15.2. The van der Waals surface area contributed by atoms with E-state index in [1.807, 2.05) is 7.05 Å². The summed E-state index contributed by atoms with van der Waals surface area (Å²) in [6.07, 6.45) is 3.62. The molecule has 1 aromatic carbocycles. The van der Waals surface area contributed by atoms with E-state index in [1.54, 1.807) is 0 Å². The summed E-state index contributed by atoms with van der Waals surface area (Å²) in [4.78, 5) is 0. The third-order valence-electron chi connectivity index (χ3n) is 3.47. The van der Waals surface area contributed by atoms with E-state index in [4.69, 9.17) is 4.74 Å². The quantitative estimate of drug-likeness (QED) is 0.763. The molecule has 0 fully saturated rings. The molecule has 0 aliphatic heterocycles. The van der Waals surface area contributed by atoms with Gasteiger partial charge in [-0.05, 0) is 44.9 Å². The maximum absolute atomic E-state index is 5.88. The zero-order valence-electron chi connectivity index (χ0n) is 12.2. The molecule has 1 aromatic rings. The summed E-state index contributed by atoms with van der Waals surface area (Å²) < 4.78 is 5.88. The highest BCUT2D eigenvalue weighted by molar-refractivity contribution is 5.26. The SMILES string of the molecule is CCCC(OCC)C(Cc1ccccc1C)NC. The average Bonchev–Trinajstić information content (AvgIpc) is 2.38. The summed E-state index contributed by atoms with van der Waals surface area (Å²) in [5.41, 5.74) is 2.78. The highest BCUT2D eigenvalue weighted by atomic mass is 16.5. The number of likely N-dealkylation sites (N-methyl/N-ethyl adjacent to an activating group) is 1. The molecular formula is C16H27NO. The van der Waals surface area contributed by atoms with E-state index >= 15 is 0 Å². The molecule has 0 heterocycles. The molecule has 0 aromatic heterocycles. The van der Waals surface area contributed by atoms with Gasteiger partial charge in [-0.3, -0.25) is 0 Å². The summed E-state index contributed by atoms with van der Waals surface area (Å²) >= 11 is 0. The van der Waals surface area contributed by atoms with Crippen molar-refractivity contribution < 1.29 is 4.74 Å². The lowest BCUT2D eigenvalue weighted by atomic mass is 9.96. The first-order chi connectivity index (χ1) is 8.72. The Balaban J connectivity index is 2.73. The van der Waals surface area contributed by atoms with Gasteiger partial charge in [0.05, 0.1) is 6.10 Å². The van der Waals surface area contributed by atoms with Gasteiger partial charge < -0.3 is 10.1 Å². The van der Waals surface area contributed by atoms with Gasteiger partial charge in [-0.2, -0.15) is 0 Å². The van der Waals surface area contributed by atoms with E-state index in [2.05, 4.69) is 50.4 Å². The van der Waals surface area contributed by atoms with Crippen molar-refractivity contribution in [2.24, 2.45) is 0 Å². The molecule has 102 valence electrons. The number of hydrogen-bond acceptors (Lipinski definition) is 2. The summed E-state index contributed by atoms with van der Waals surface area (Å²) in [5.74, 6) is 0. The molecule has 0 saturated carbocycles. The molecular weight excluding hydrogens is 222 g/mol. The van der Waals surface area contributed by atoms with Crippen LogP contribution in [0.15, 0.2) is 24.3 Å². The topological polar surface area (TPSA) is 21.3 Å². The van der Waals surface area contributed by atoms with Gasteiger partial charge in [0.2, 0.25) is 0 Å². The molecule has 0 saturated heterocycles.